The number of sulfone groups is 2. The molecule has 0 unspecified atom stereocenters. The molecule has 0 radical (unpaired) electrons. The van der Waals surface area contributed by atoms with E-state index in [1.807, 2.05) is 0 Å². The van der Waals surface area contributed by atoms with Crippen LogP contribution in [0.15, 0.2) is 97.8 Å². The van der Waals surface area contributed by atoms with E-state index in [2.05, 4.69) is 84.2 Å². The number of nitrogens with zero attached hydrogens (tertiary/aromatic N) is 3. The Balaban J connectivity index is 0.000000204. The summed E-state index contributed by atoms with van der Waals surface area (Å²) in [6.45, 7) is 4.53. The van der Waals surface area contributed by atoms with Crippen LogP contribution in [0.25, 0.3) is 0 Å². The van der Waals surface area contributed by atoms with Crippen LogP contribution >= 0.6 is 75.5 Å². The van der Waals surface area contributed by atoms with Gasteiger partial charge in [-0.3, -0.25) is 4.90 Å². The lowest BCUT2D eigenvalue weighted by Crippen LogP contribution is -2.37. The summed E-state index contributed by atoms with van der Waals surface area (Å²) < 4.78 is 156. The average Bonchev–Trinajstić information content (AvgIpc) is 3.92. The smallest absolute Gasteiger partial charge is 0.391 e. The second-order valence-electron chi connectivity index (χ2n) is 15.0. The molecule has 0 bridgehead atoms. The minimum atomic E-state index is -5.29. The van der Waals surface area contributed by atoms with Crippen LogP contribution in [0.5, 0.6) is 0 Å². The molecule has 0 saturated carbocycles. The summed E-state index contributed by atoms with van der Waals surface area (Å²) in [4.78, 5) is 11.7. The van der Waals surface area contributed by atoms with Gasteiger partial charge in [0.1, 0.15) is 21.4 Å². The fourth-order valence-corrected chi connectivity index (χ4v) is 10.4. The Morgan fingerprint density at radius 3 is 1.33 bits per heavy atom. The molecule has 0 spiro atoms. The first-order valence-corrected chi connectivity index (χ1v) is 27.4. The SMILES string of the molecule is BrC1=NO[C@@H](C2CCNCC2)C1.FC(F)(F)Sc1ccc(CBr)cc1.O=S(=O)(c1ccc(CBr)cc1)C(F)(F)F.O=S(=O)(c1ccc(CN2CCC([C@H]3CC(Br)=NO3)CC2)cc1)C(F)(F)F. The first-order valence-electron chi connectivity index (χ1n) is 19.8. The lowest BCUT2D eigenvalue weighted by molar-refractivity contribution is -0.0442. The van der Waals surface area contributed by atoms with Crippen molar-refractivity contribution in [2.45, 2.75) is 99.1 Å². The van der Waals surface area contributed by atoms with Gasteiger partial charge in [-0.05, 0) is 149 Å². The van der Waals surface area contributed by atoms with E-state index in [0.717, 1.165) is 96.5 Å². The Morgan fingerprint density at radius 2 is 0.985 bits per heavy atom. The quantitative estimate of drug-likeness (QED) is 0.127. The molecule has 368 valence electrons. The molecule has 0 aliphatic carbocycles. The number of alkyl halides is 11. The minimum absolute atomic E-state index is 0.0954. The number of halogens is 13. The van der Waals surface area contributed by atoms with Gasteiger partial charge in [-0.1, -0.05) is 78.6 Å². The lowest BCUT2D eigenvalue weighted by atomic mass is 9.90. The van der Waals surface area contributed by atoms with E-state index < -0.39 is 46.0 Å². The highest BCUT2D eigenvalue weighted by atomic mass is 79.9. The molecule has 3 aromatic carbocycles. The first kappa shape index (κ1) is 56.6. The average molecular weight is 1260 g/mol. The Kier molecular flexibility index (Phi) is 21.7. The number of piperidine rings is 2. The summed E-state index contributed by atoms with van der Waals surface area (Å²) in [5.74, 6) is 1.13. The zero-order valence-corrected chi connectivity index (χ0v) is 43.2. The Bertz CT molecular complexity index is 2280. The van der Waals surface area contributed by atoms with Gasteiger partial charge in [0.2, 0.25) is 0 Å². The van der Waals surface area contributed by atoms with Gasteiger partial charge in [-0.2, -0.15) is 39.5 Å². The second-order valence-corrected chi connectivity index (χ2v) is 23.0. The van der Waals surface area contributed by atoms with Crippen molar-refractivity contribution in [1.29, 1.82) is 0 Å². The van der Waals surface area contributed by atoms with Gasteiger partial charge in [0, 0.05) is 46.8 Å². The fourth-order valence-electron chi connectivity index (χ4n) is 6.77. The van der Waals surface area contributed by atoms with E-state index in [-0.39, 0.29) is 22.8 Å². The van der Waals surface area contributed by atoms with Crippen molar-refractivity contribution in [3.63, 3.8) is 0 Å². The molecule has 0 aromatic heterocycles. The third-order valence-corrected chi connectivity index (χ3v) is 16.3. The van der Waals surface area contributed by atoms with Crippen LogP contribution in [-0.2, 0) is 46.6 Å². The molecule has 4 aliphatic rings. The number of hydrogen-bond donors (Lipinski definition) is 1. The molecule has 2 saturated heterocycles. The number of likely N-dealkylation sites (tertiary alicyclic amines) is 1. The van der Waals surface area contributed by atoms with E-state index in [0.29, 0.717) is 40.7 Å². The van der Waals surface area contributed by atoms with Gasteiger partial charge in [-0.25, -0.2) is 16.8 Å². The lowest BCUT2D eigenvalue weighted by Gasteiger charge is -2.33. The maximum absolute atomic E-state index is 12.6. The highest BCUT2D eigenvalue weighted by molar-refractivity contribution is 9.18. The molecule has 2 fully saturated rings. The summed E-state index contributed by atoms with van der Waals surface area (Å²) in [5, 5.41) is 12.3. The normalized spacial score (nSPS) is 20.0. The number of nitrogens with one attached hydrogen (secondary N) is 1. The molecule has 26 heteroatoms. The van der Waals surface area contributed by atoms with Gasteiger partial charge in [0.05, 0.1) is 9.79 Å². The van der Waals surface area contributed by atoms with Crippen LogP contribution in [-0.4, -0.2) is 85.9 Å². The predicted octanol–water partition coefficient (Wildman–Crippen LogP) is 12.2. The third kappa shape index (κ3) is 17.5. The second kappa shape index (κ2) is 25.3. The van der Waals surface area contributed by atoms with Gasteiger partial charge in [0.25, 0.3) is 19.7 Å². The largest absolute Gasteiger partial charge is 0.501 e. The summed E-state index contributed by atoms with van der Waals surface area (Å²) in [6.07, 6.45) is 6.56. The van der Waals surface area contributed by atoms with E-state index in [9.17, 15) is 56.3 Å². The summed E-state index contributed by atoms with van der Waals surface area (Å²) in [6, 6.07) is 15.7. The molecule has 2 atom stereocenters. The van der Waals surface area contributed by atoms with Crippen molar-refractivity contribution < 1.29 is 66.0 Å². The highest BCUT2D eigenvalue weighted by Crippen LogP contribution is 2.37. The van der Waals surface area contributed by atoms with Crippen molar-refractivity contribution >= 4 is 104 Å². The van der Waals surface area contributed by atoms with Crippen LogP contribution in [0.2, 0.25) is 0 Å². The number of rotatable bonds is 9. The van der Waals surface area contributed by atoms with Crippen LogP contribution in [0.1, 0.15) is 55.2 Å². The zero-order valence-electron chi connectivity index (χ0n) is 34.4. The minimum Gasteiger partial charge on any atom is -0.391 e. The molecule has 4 aliphatic heterocycles. The topological polar surface area (TPSA) is 127 Å². The molecule has 7 rings (SSSR count). The van der Waals surface area contributed by atoms with Crippen LogP contribution in [0.3, 0.4) is 0 Å². The molecule has 1 N–H and O–H groups in total. The standard InChI is InChI=1S/C16H18BrF3N2O3S.C8H6BrF3O2S.C8H6BrF3S.C8H13BrN2O/c17-15-9-14(25-21-15)12-5-7-22(8-6-12)10-11-1-3-13(4-2-11)26(23,24)16(18,19)20;9-5-6-1-3-7(4-2-6)15(13,14)8(10,11)12;9-5-6-1-3-7(4-2-6)13-8(10,11)12;9-8-5-7(12-11-8)6-1-3-10-4-2-6/h1-4,12,14H,5-10H2;1-4H,5H2;1-4H,5H2;6-7,10H,1-5H2/t14-;;;7-/m1..1/s1. The molecular formula is C40H43Br4F9N4O6S3. The van der Waals surface area contributed by atoms with E-state index in [1.165, 1.54) is 49.2 Å². The summed E-state index contributed by atoms with van der Waals surface area (Å²) >= 11 is 12.9. The zero-order chi connectivity index (χ0) is 48.9. The number of benzene rings is 3. The Hall–Kier alpha value is -1.94. The van der Waals surface area contributed by atoms with Crippen LogP contribution in [0, 0.1) is 11.8 Å². The summed E-state index contributed by atoms with van der Waals surface area (Å²) in [5.41, 5.74) is -12.3. The first-order chi connectivity index (χ1) is 30.8. The molecule has 0 amide bonds. The number of hydrogen-bond acceptors (Lipinski definition) is 11. The van der Waals surface area contributed by atoms with Crippen molar-refractivity contribution in [1.82, 2.24) is 10.2 Å². The van der Waals surface area contributed by atoms with Gasteiger partial charge >= 0.3 is 16.5 Å². The van der Waals surface area contributed by atoms with Crippen LogP contribution < -0.4 is 5.32 Å². The van der Waals surface area contributed by atoms with E-state index >= 15 is 0 Å². The Labute approximate surface area is 414 Å². The number of oxime groups is 2. The van der Waals surface area contributed by atoms with E-state index in [1.54, 1.807) is 12.1 Å². The van der Waals surface area contributed by atoms with Crippen molar-refractivity contribution in [3.8, 4) is 0 Å². The molecule has 10 nitrogen and oxygen atoms in total. The highest BCUT2D eigenvalue weighted by Gasteiger charge is 2.47. The molecule has 3 aromatic rings. The van der Waals surface area contributed by atoms with E-state index in [4.69, 9.17) is 9.68 Å². The molecule has 66 heavy (non-hydrogen) atoms. The summed E-state index contributed by atoms with van der Waals surface area (Å²) in [7, 11) is -10.5. The maximum atomic E-state index is 12.6. The van der Waals surface area contributed by atoms with Crippen LogP contribution in [0.4, 0.5) is 39.5 Å². The van der Waals surface area contributed by atoms with Crippen molar-refractivity contribution in [3.05, 3.63) is 89.5 Å². The molecule has 4 heterocycles. The monoisotopic (exact) mass is 1260 g/mol. The number of thioether (sulfide) groups is 1. The predicted molar refractivity (Wildman–Crippen MR) is 248 cm³/mol. The van der Waals surface area contributed by atoms with Gasteiger partial charge in [-0.15, -0.1) is 0 Å². The molecular weight excluding hydrogens is 1220 g/mol. The fraction of sp³-hybridized carbons (Fsp3) is 0.500. The van der Waals surface area contributed by atoms with Crippen molar-refractivity contribution in [2.24, 2.45) is 22.1 Å². The third-order valence-electron chi connectivity index (χ3n) is 10.3. The maximum Gasteiger partial charge on any atom is 0.501 e. The van der Waals surface area contributed by atoms with Gasteiger partial charge < -0.3 is 15.0 Å². The van der Waals surface area contributed by atoms with Crippen molar-refractivity contribution in [2.75, 3.05) is 26.2 Å². The Morgan fingerprint density at radius 1 is 0.606 bits per heavy atom. The van der Waals surface area contributed by atoms with Gasteiger partial charge in [0.15, 0.2) is 0 Å².